The fourth-order valence-electron chi connectivity index (χ4n) is 3.27. The molecule has 0 unspecified atom stereocenters. The number of halogens is 2. The van der Waals surface area contributed by atoms with Crippen LogP contribution in [0.15, 0.2) is 29.3 Å². The summed E-state index contributed by atoms with van der Waals surface area (Å²) in [6, 6.07) is 3.05. The molecule has 158 valence electrons. The van der Waals surface area contributed by atoms with Crippen molar-refractivity contribution < 1.29 is 13.6 Å². The van der Waals surface area contributed by atoms with Gasteiger partial charge in [-0.2, -0.15) is 4.98 Å². The number of carbonyl (C=O) groups is 1. The number of fused-ring (bicyclic) bond motifs is 1. The van der Waals surface area contributed by atoms with Crippen molar-refractivity contribution in [1.29, 1.82) is 0 Å². The number of hydrogen-bond acceptors (Lipinski definition) is 7. The second-order valence-electron chi connectivity index (χ2n) is 6.93. The molecule has 3 aromatic rings. The van der Waals surface area contributed by atoms with Gasteiger partial charge in [-0.1, -0.05) is 18.3 Å². The maximum atomic E-state index is 13.3. The van der Waals surface area contributed by atoms with Gasteiger partial charge in [0, 0.05) is 37.9 Å². The van der Waals surface area contributed by atoms with E-state index in [4.69, 9.17) is 0 Å². The first-order valence-electron chi connectivity index (χ1n) is 9.52. The van der Waals surface area contributed by atoms with E-state index in [-0.39, 0.29) is 17.8 Å². The van der Waals surface area contributed by atoms with Crippen LogP contribution in [0.5, 0.6) is 0 Å². The van der Waals surface area contributed by atoms with Crippen molar-refractivity contribution in [3.8, 4) is 0 Å². The molecule has 1 N–H and O–H groups in total. The number of hydrogen-bond donors (Lipinski definition) is 1. The van der Waals surface area contributed by atoms with Crippen molar-refractivity contribution in [2.24, 2.45) is 0 Å². The zero-order chi connectivity index (χ0) is 21.3. The number of nitrogens with one attached hydrogen (secondary N) is 1. The smallest absolute Gasteiger partial charge is 0.273 e. The van der Waals surface area contributed by atoms with Gasteiger partial charge in [-0.15, -0.1) is 0 Å². The molecule has 11 heteroatoms. The van der Waals surface area contributed by atoms with Crippen LogP contribution in [-0.2, 0) is 11.3 Å². The standard InChI is InChI=1S/C19H20F2N6O2S/c1-2-25-5-7-26(8-6-25)19-24-17-16(30-19)18(29)27(11-22-17)10-15(28)23-12-3-4-13(20)14(21)9-12/h3-4,9,11H,2,5-8,10H2,1H3,(H,23,28). The number of carbonyl (C=O) groups excluding carboxylic acids is 1. The molecular formula is C19H20F2N6O2S. The van der Waals surface area contributed by atoms with Crippen LogP contribution in [0.2, 0.25) is 0 Å². The second-order valence-corrected chi connectivity index (χ2v) is 7.90. The van der Waals surface area contributed by atoms with Crippen LogP contribution < -0.4 is 15.8 Å². The summed E-state index contributed by atoms with van der Waals surface area (Å²) in [4.78, 5) is 38.2. The number of nitrogens with zero attached hydrogens (tertiary/aromatic N) is 5. The molecule has 1 amide bonds. The predicted molar refractivity (Wildman–Crippen MR) is 111 cm³/mol. The molecule has 8 nitrogen and oxygen atoms in total. The summed E-state index contributed by atoms with van der Waals surface area (Å²) in [6.45, 7) is 6.37. The van der Waals surface area contributed by atoms with E-state index in [0.29, 0.717) is 10.3 Å². The lowest BCUT2D eigenvalue weighted by Crippen LogP contribution is -2.46. The summed E-state index contributed by atoms with van der Waals surface area (Å²) in [6.07, 6.45) is 1.27. The van der Waals surface area contributed by atoms with Gasteiger partial charge in [0.25, 0.3) is 5.56 Å². The van der Waals surface area contributed by atoms with E-state index in [1.54, 1.807) is 0 Å². The molecule has 1 saturated heterocycles. The first-order chi connectivity index (χ1) is 14.4. The van der Waals surface area contributed by atoms with Gasteiger partial charge in [0.2, 0.25) is 5.91 Å². The van der Waals surface area contributed by atoms with Crippen LogP contribution in [0.25, 0.3) is 10.3 Å². The molecule has 0 spiro atoms. The summed E-state index contributed by atoms with van der Waals surface area (Å²) in [7, 11) is 0. The number of aromatic nitrogens is 3. The third-order valence-corrected chi connectivity index (χ3v) is 6.07. The van der Waals surface area contributed by atoms with Gasteiger partial charge in [-0.3, -0.25) is 14.2 Å². The third-order valence-electron chi connectivity index (χ3n) is 4.98. The topological polar surface area (TPSA) is 83.4 Å². The van der Waals surface area contributed by atoms with Crippen molar-refractivity contribution in [3.63, 3.8) is 0 Å². The minimum absolute atomic E-state index is 0.104. The van der Waals surface area contributed by atoms with Crippen LogP contribution in [-0.4, -0.2) is 58.1 Å². The molecule has 1 aliphatic heterocycles. The molecule has 1 aromatic carbocycles. The van der Waals surface area contributed by atoms with E-state index in [9.17, 15) is 18.4 Å². The fraction of sp³-hybridized carbons (Fsp3) is 0.368. The Kier molecular flexibility index (Phi) is 5.73. The highest BCUT2D eigenvalue weighted by molar-refractivity contribution is 7.22. The average Bonchev–Trinajstić information content (AvgIpc) is 3.18. The summed E-state index contributed by atoms with van der Waals surface area (Å²) in [5.74, 6) is -2.62. The Hall–Kier alpha value is -2.92. The molecule has 4 rings (SSSR count). The Morgan fingerprint density at radius 3 is 2.67 bits per heavy atom. The Bertz CT molecular complexity index is 1140. The van der Waals surface area contributed by atoms with Gasteiger partial charge in [0.1, 0.15) is 17.6 Å². The van der Waals surface area contributed by atoms with Crippen LogP contribution in [0.3, 0.4) is 0 Å². The minimum Gasteiger partial charge on any atom is -0.345 e. The number of rotatable bonds is 5. The van der Waals surface area contributed by atoms with Gasteiger partial charge in [0.05, 0.1) is 0 Å². The number of anilines is 2. The lowest BCUT2D eigenvalue weighted by atomic mass is 10.3. The van der Waals surface area contributed by atoms with E-state index in [0.717, 1.165) is 50.0 Å². The number of thiazole rings is 1. The summed E-state index contributed by atoms with van der Waals surface area (Å²) in [5, 5.41) is 3.19. The molecule has 0 saturated carbocycles. The Labute approximate surface area is 174 Å². The summed E-state index contributed by atoms with van der Waals surface area (Å²) >= 11 is 1.27. The van der Waals surface area contributed by atoms with Gasteiger partial charge >= 0.3 is 0 Å². The van der Waals surface area contributed by atoms with E-state index in [1.807, 2.05) is 0 Å². The van der Waals surface area contributed by atoms with Crippen LogP contribution in [0.4, 0.5) is 19.6 Å². The van der Waals surface area contributed by atoms with Crippen molar-refractivity contribution in [1.82, 2.24) is 19.4 Å². The fourth-order valence-corrected chi connectivity index (χ4v) is 4.29. The van der Waals surface area contributed by atoms with Gasteiger partial charge in [-0.05, 0) is 18.7 Å². The molecule has 1 aliphatic rings. The van der Waals surface area contributed by atoms with Gasteiger partial charge < -0.3 is 15.1 Å². The van der Waals surface area contributed by atoms with E-state index < -0.39 is 17.5 Å². The Morgan fingerprint density at radius 1 is 1.20 bits per heavy atom. The number of likely N-dealkylation sites (N-methyl/N-ethyl adjacent to an activating group) is 1. The minimum atomic E-state index is -1.06. The zero-order valence-electron chi connectivity index (χ0n) is 16.3. The number of piperazine rings is 1. The average molecular weight is 434 g/mol. The first kappa shape index (κ1) is 20.4. The first-order valence-corrected chi connectivity index (χ1v) is 10.3. The molecule has 2 aromatic heterocycles. The van der Waals surface area contributed by atoms with Crippen LogP contribution >= 0.6 is 11.3 Å². The van der Waals surface area contributed by atoms with Gasteiger partial charge in [0.15, 0.2) is 22.4 Å². The van der Waals surface area contributed by atoms with Crippen LogP contribution in [0, 0.1) is 11.6 Å². The lowest BCUT2D eigenvalue weighted by Gasteiger charge is -2.33. The highest BCUT2D eigenvalue weighted by Crippen LogP contribution is 2.26. The lowest BCUT2D eigenvalue weighted by molar-refractivity contribution is -0.116. The molecule has 0 radical (unpaired) electrons. The normalized spacial score (nSPS) is 15.0. The highest BCUT2D eigenvalue weighted by atomic mass is 32.1. The van der Waals surface area contributed by atoms with E-state index in [1.165, 1.54) is 28.3 Å². The Balaban J connectivity index is 1.49. The van der Waals surface area contributed by atoms with E-state index >= 15 is 0 Å². The maximum absolute atomic E-state index is 13.3. The summed E-state index contributed by atoms with van der Waals surface area (Å²) < 4.78 is 27.9. The summed E-state index contributed by atoms with van der Waals surface area (Å²) in [5.41, 5.74) is 0.0962. The zero-order valence-corrected chi connectivity index (χ0v) is 17.1. The van der Waals surface area contributed by atoms with Crippen LogP contribution in [0.1, 0.15) is 6.92 Å². The predicted octanol–water partition coefficient (Wildman–Crippen LogP) is 1.91. The highest BCUT2D eigenvalue weighted by Gasteiger charge is 2.21. The molecule has 30 heavy (non-hydrogen) atoms. The molecular weight excluding hydrogens is 414 g/mol. The SMILES string of the molecule is CCN1CCN(c2nc3ncn(CC(=O)Nc4ccc(F)c(F)c4)c(=O)c3s2)CC1. The molecule has 0 bridgehead atoms. The maximum Gasteiger partial charge on any atom is 0.273 e. The second kappa shape index (κ2) is 8.44. The number of amides is 1. The quantitative estimate of drug-likeness (QED) is 0.661. The molecule has 1 fully saturated rings. The monoisotopic (exact) mass is 434 g/mol. The van der Waals surface area contributed by atoms with Gasteiger partial charge in [-0.25, -0.2) is 13.8 Å². The van der Waals surface area contributed by atoms with Crippen molar-refractivity contribution >= 4 is 38.4 Å². The number of benzene rings is 1. The Morgan fingerprint density at radius 2 is 1.97 bits per heavy atom. The molecule has 3 heterocycles. The molecule has 0 atom stereocenters. The molecule has 0 aliphatic carbocycles. The van der Waals surface area contributed by atoms with E-state index in [2.05, 4.69) is 32.0 Å². The largest absolute Gasteiger partial charge is 0.345 e. The van der Waals surface area contributed by atoms with Crippen molar-refractivity contribution in [3.05, 3.63) is 46.5 Å². The van der Waals surface area contributed by atoms with Crippen molar-refractivity contribution in [2.75, 3.05) is 42.9 Å². The van der Waals surface area contributed by atoms with Crippen molar-refractivity contribution in [2.45, 2.75) is 13.5 Å². The third kappa shape index (κ3) is 4.17.